The van der Waals surface area contributed by atoms with Crippen LogP contribution in [0.5, 0.6) is 0 Å². The van der Waals surface area contributed by atoms with E-state index in [4.69, 9.17) is 11.6 Å². The van der Waals surface area contributed by atoms with Gasteiger partial charge >= 0.3 is 0 Å². The van der Waals surface area contributed by atoms with Crippen LogP contribution in [-0.4, -0.2) is 31.9 Å². The van der Waals surface area contributed by atoms with Crippen molar-refractivity contribution in [1.82, 2.24) is 5.32 Å². The first-order chi connectivity index (χ1) is 9.46. The molecule has 1 aliphatic rings. The van der Waals surface area contributed by atoms with Gasteiger partial charge < -0.3 is 5.32 Å². The minimum Gasteiger partial charge on any atom is -0.348 e. The van der Waals surface area contributed by atoms with E-state index < -0.39 is 15.9 Å². The molecule has 1 aromatic rings. The highest BCUT2D eigenvalue weighted by Crippen LogP contribution is 2.20. The van der Waals surface area contributed by atoms with E-state index in [0.717, 1.165) is 11.0 Å². The van der Waals surface area contributed by atoms with Crippen molar-refractivity contribution in [3.63, 3.8) is 0 Å². The van der Waals surface area contributed by atoms with Crippen LogP contribution in [0.4, 0.5) is 0 Å². The first-order valence-corrected chi connectivity index (χ1v) is 9.22. The lowest BCUT2D eigenvalue weighted by molar-refractivity contribution is -0.118. The molecule has 1 aliphatic heterocycles. The molecule has 1 heterocycles. The van der Waals surface area contributed by atoms with Crippen molar-refractivity contribution >= 4 is 39.1 Å². The molecule has 1 amide bonds. The minimum absolute atomic E-state index is 0.0477. The zero-order valence-electron chi connectivity index (χ0n) is 10.6. The second-order valence-electron chi connectivity index (χ2n) is 4.42. The lowest BCUT2D eigenvalue weighted by Gasteiger charge is -2.10. The highest BCUT2D eigenvalue weighted by Gasteiger charge is 2.22. The predicted octanol–water partition coefficient (Wildman–Crippen LogP) is 2.00. The summed E-state index contributed by atoms with van der Waals surface area (Å²) in [6, 6.07) is 7.07. The Labute approximate surface area is 127 Å². The molecular weight excluding hydrogens is 318 g/mol. The maximum Gasteiger partial charge on any atom is 0.230 e. The Morgan fingerprint density at radius 3 is 2.80 bits per heavy atom. The molecule has 1 atom stereocenters. The molecule has 0 saturated carbocycles. The van der Waals surface area contributed by atoms with Crippen molar-refractivity contribution in [1.29, 1.82) is 0 Å². The standard InChI is InChI=1S/C13H14ClNO3S2/c14-12-4-2-1-3-10(12)7-19-8-13(16)15-11-5-6-20(17,18)9-11/h1-6,11H,7-9H2,(H,15,16)/t11-/m0/s1. The smallest absolute Gasteiger partial charge is 0.230 e. The molecule has 0 aromatic heterocycles. The zero-order chi connectivity index (χ0) is 14.6. The molecule has 4 nitrogen and oxygen atoms in total. The van der Waals surface area contributed by atoms with Crippen LogP contribution in [0.1, 0.15) is 5.56 Å². The molecular formula is C13H14ClNO3S2. The molecule has 20 heavy (non-hydrogen) atoms. The maximum absolute atomic E-state index is 11.7. The number of amides is 1. The Kier molecular flexibility index (Phi) is 5.12. The molecule has 0 spiro atoms. The normalized spacial score (nSPS) is 19.9. The first kappa shape index (κ1) is 15.4. The van der Waals surface area contributed by atoms with Gasteiger partial charge in [0.05, 0.1) is 17.5 Å². The van der Waals surface area contributed by atoms with E-state index in [-0.39, 0.29) is 17.4 Å². The summed E-state index contributed by atoms with van der Waals surface area (Å²) in [6.07, 6.45) is 1.51. The Bertz CT molecular complexity index is 628. The number of carbonyl (C=O) groups is 1. The number of nitrogens with one attached hydrogen (secondary N) is 1. The summed E-state index contributed by atoms with van der Waals surface area (Å²) >= 11 is 7.46. The second-order valence-corrected chi connectivity index (χ2v) is 7.74. The second kappa shape index (κ2) is 6.65. The number of benzene rings is 1. The molecule has 0 bridgehead atoms. The van der Waals surface area contributed by atoms with Crippen molar-refractivity contribution in [2.75, 3.05) is 11.5 Å². The summed E-state index contributed by atoms with van der Waals surface area (Å²) in [4.78, 5) is 11.7. The average Bonchev–Trinajstić information content (AvgIpc) is 2.71. The van der Waals surface area contributed by atoms with Gasteiger partial charge in [0.25, 0.3) is 0 Å². The fourth-order valence-corrected chi connectivity index (χ4v) is 4.14. The third-order valence-corrected chi connectivity index (χ3v) is 5.47. The van der Waals surface area contributed by atoms with Gasteiger partial charge in [-0.15, -0.1) is 11.8 Å². The SMILES string of the molecule is O=C(CSCc1ccccc1Cl)N[C@H]1C=CS(=O)(=O)C1. The van der Waals surface area contributed by atoms with Crippen LogP contribution >= 0.6 is 23.4 Å². The van der Waals surface area contributed by atoms with Crippen LogP contribution in [0.2, 0.25) is 5.02 Å². The van der Waals surface area contributed by atoms with Crippen molar-refractivity contribution < 1.29 is 13.2 Å². The van der Waals surface area contributed by atoms with E-state index in [1.165, 1.54) is 17.8 Å². The van der Waals surface area contributed by atoms with Crippen LogP contribution in [0.3, 0.4) is 0 Å². The zero-order valence-corrected chi connectivity index (χ0v) is 13.0. The number of rotatable bonds is 5. The van der Waals surface area contributed by atoms with Gasteiger partial charge in [0.15, 0.2) is 9.84 Å². The van der Waals surface area contributed by atoms with Crippen LogP contribution in [0.25, 0.3) is 0 Å². The van der Waals surface area contributed by atoms with Gasteiger partial charge in [-0.2, -0.15) is 0 Å². The molecule has 1 N–H and O–H groups in total. The van der Waals surface area contributed by atoms with E-state index in [2.05, 4.69) is 5.32 Å². The monoisotopic (exact) mass is 331 g/mol. The van der Waals surface area contributed by atoms with Gasteiger partial charge in [0, 0.05) is 16.2 Å². The van der Waals surface area contributed by atoms with Crippen LogP contribution in [0.15, 0.2) is 35.7 Å². The molecule has 108 valence electrons. The van der Waals surface area contributed by atoms with Crippen LogP contribution < -0.4 is 5.32 Å². The van der Waals surface area contributed by atoms with Crippen molar-refractivity contribution in [3.05, 3.63) is 46.3 Å². The lowest BCUT2D eigenvalue weighted by atomic mass is 10.2. The van der Waals surface area contributed by atoms with Gasteiger partial charge in [-0.05, 0) is 17.7 Å². The summed E-state index contributed by atoms with van der Waals surface area (Å²) < 4.78 is 22.4. The Balaban J connectivity index is 1.74. The van der Waals surface area contributed by atoms with Crippen molar-refractivity contribution in [3.8, 4) is 0 Å². The number of halogens is 1. The fourth-order valence-electron chi connectivity index (χ4n) is 1.78. The summed E-state index contributed by atoms with van der Waals surface area (Å²) in [7, 11) is -3.13. The summed E-state index contributed by atoms with van der Waals surface area (Å²) in [5, 5.41) is 4.51. The average molecular weight is 332 g/mol. The van der Waals surface area contributed by atoms with E-state index in [1.54, 1.807) is 0 Å². The Morgan fingerprint density at radius 1 is 1.40 bits per heavy atom. The number of hydrogen-bond donors (Lipinski definition) is 1. The number of hydrogen-bond acceptors (Lipinski definition) is 4. The van der Waals surface area contributed by atoms with Gasteiger partial charge in [-0.25, -0.2) is 8.42 Å². The molecule has 0 saturated heterocycles. The molecule has 7 heteroatoms. The largest absolute Gasteiger partial charge is 0.348 e. The van der Waals surface area contributed by atoms with E-state index in [1.807, 2.05) is 24.3 Å². The number of sulfone groups is 1. The van der Waals surface area contributed by atoms with Gasteiger partial charge in [-0.3, -0.25) is 4.79 Å². The molecule has 0 radical (unpaired) electrons. The molecule has 1 aromatic carbocycles. The van der Waals surface area contributed by atoms with E-state index >= 15 is 0 Å². The van der Waals surface area contributed by atoms with Crippen molar-refractivity contribution in [2.45, 2.75) is 11.8 Å². The number of thioether (sulfide) groups is 1. The predicted molar refractivity (Wildman–Crippen MR) is 82.5 cm³/mol. The first-order valence-electron chi connectivity index (χ1n) is 5.98. The highest BCUT2D eigenvalue weighted by molar-refractivity contribution is 7.99. The summed E-state index contributed by atoms with van der Waals surface area (Å²) in [6.45, 7) is 0. The third-order valence-electron chi connectivity index (χ3n) is 2.73. The van der Waals surface area contributed by atoms with E-state index in [0.29, 0.717) is 10.8 Å². The van der Waals surface area contributed by atoms with Gasteiger partial charge in [0.1, 0.15) is 0 Å². The van der Waals surface area contributed by atoms with Crippen LogP contribution in [-0.2, 0) is 20.4 Å². The lowest BCUT2D eigenvalue weighted by Crippen LogP contribution is -2.36. The molecule has 0 unspecified atom stereocenters. The van der Waals surface area contributed by atoms with Gasteiger partial charge in [-0.1, -0.05) is 29.8 Å². The molecule has 0 fully saturated rings. The number of carbonyl (C=O) groups excluding carboxylic acids is 1. The quantitative estimate of drug-likeness (QED) is 0.896. The van der Waals surface area contributed by atoms with Crippen LogP contribution in [0, 0.1) is 0 Å². The van der Waals surface area contributed by atoms with Crippen molar-refractivity contribution in [2.24, 2.45) is 0 Å². The minimum atomic E-state index is -3.13. The Hall–Kier alpha value is -0.980. The summed E-state index contributed by atoms with van der Waals surface area (Å²) in [5.41, 5.74) is 0.982. The topological polar surface area (TPSA) is 63.2 Å². The summed E-state index contributed by atoms with van der Waals surface area (Å²) in [5.74, 6) is 0.698. The van der Waals surface area contributed by atoms with Gasteiger partial charge in [0.2, 0.25) is 5.91 Å². The van der Waals surface area contributed by atoms with E-state index in [9.17, 15) is 13.2 Å². The maximum atomic E-state index is 11.7. The molecule has 0 aliphatic carbocycles. The molecule has 2 rings (SSSR count). The fraction of sp³-hybridized carbons (Fsp3) is 0.308. The third kappa shape index (κ3) is 4.54. The highest BCUT2D eigenvalue weighted by atomic mass is 35.5. The Morgan fingerprint density at radius 2 is 2.15 bits per heavy atom.